The maximum absolute atomic E-state index is 12.8. The van der Waals surface area contributed by atoms with Gasteiger partial charge in [-0.3, -0.25) is 4.79 Å². The summed E-state index contributed by atoms with van der Waals surface area (Å²) in [5.41, 5.74) is 2.52. The van der Waals surface area contributed by atoms with Crippen LogP contribution in [0.4, 0.5) is 0 Å². The average Bonchev–Trinajstić information content (AvgIpc) is 2.64. The van der Waals surface area contributed by atoms with E-state index in [1.54, 1.807) is 32.4 Å². The molecule has 2 aromatic rings. The van der Waals surface area contributed by atoms with E-state index in [9.17, 15) is 4.79 Å². The number of benzene rings is 2. The number of rotatable bonds is 7. The molecule has 0 aromatic heterocycles. The lowest BCUT2D eigenvalue weighted by molar-refractivity contribution is 0.0932. The second-order valence-electron chi connectivity index (χ2n) is 5.70. The summed E-state index contributed by atoms with van der Waals surface area (Å²) in [6.07, 6.45) is 0.768. The first-order chi connectivity index (χ1) is 12.0. The van der Waals surface area contributed by atoms with Crippen molar-refractivity contribution < 1.29 is 19.0 Å². The van der Waals surface area contributed by atoms with Crippen LogP contribution in [0.1, 0.15) is 40.9 Å². The standard InChI is InChI=1S/C20H25NO4/c1-6-16(14-10-11-17(23-3)13(2)12-14)21-20(22)15-8-7-9-18(24-4)19(15)25-5/h7-12,16H,6H2,1-5H3,(H,21,22). The van der Waals surface area contributed by atoms with Gasteiger partial charge in [-0.05, 0) is 42.7 Å². The Balaban J connectivity index is 2.27. The van der Waals surface area contributed by atoms with Crippen molar-refractivity contribution in [2.24, 2.45) is 0 Å². The Morgan fingerprint density at radius 1 is 1.04 bits per heavy atom. The van der Waals surface area contributed by atoms with Crippen molar-refractivity contribution in [1.29, 1.82) is 0 Å². The smallest absolute Gasteiger partial charge is 0.255 e. The summed E-state index contributed by atoms with van der Waals surface area (Å²) in [5, 5.41) is 3.07. The quantitative estimate of drug-likeness (QED) is 0.828. The zero-order valence-electron chi connectivity index (χ0n) is 15.4. The lowest BCUT2D eigenvalue weighted by Crippen LogP contribution is -2.28. The highest BCUT2D eigenvalue weighted by Crippen LogP contribution is 2.31. The van der Waals surface area contributed by atoms with Crippen molar-refractivity contribution >= 4 is 5.91 Å². The SMILES string of the molecule is CCC(NC(=O)c1cccc(OC)c1OC)c1ccc(OC)c(C)c1. The normalized spacial score (nSPS) is 11.6. The molecule has 0 bridgehead atoms. The van der Waals surface area contributed by atoms with Gasteiger partial charge in [0.1, 0.15) is 5.75 Å². The number of para-hydroxylation sites is 1. The molecule has 1 amide bonds. The van der Waals surface area contributed by atoms with Crippen LogP contribution in [0.3, 0.4) is 0 Å². The topological polar surface area (TPSA) is 56.8 Å². The predicted octanol–water partition coefficient (Wildman–Crippen LogP) is 3.90. The predicted molar refractivity (Wildman–Crippen MR) is 97.8 cm³/mol. The monoisotopic (exact) mass is 343 g/mol. The third-order valence-electron chi connectivity index (χ3n) is 4.18. The minimum atomic E-state index is -0.198. The molecule has 0 aliphatic heterocycles. The van der Waals surface area contributed by atoms with Crippen molar-refractivity contribution in [2.75, 3.05) is 21.3 Å². The van der Waals surface area contributed by atoms with E-state index in [-0.39, 0.29) is 11.9 Å². The van der Waals surface area contributed by atoms with Crippen molar-refractivity contribution in [3.05, 3.63) is 53.1 Å². The Kier molecular flexibility index (Phi) is 6.28. The molecule has 5 heteroatoms. The number of amides is 1. The van der Waals surface area contributed by atoms with Crippen LogP contribution in [0.2, 0.25) is 0 Å². The molecule has 134 valence electrons. The molecule has 2 aromatic carbocycles. The fourth-order valence-corrected chi connectivity index (χ4v) is 2.84. The summed E-state index contributed by atoms with van der Waals surface area (Å²) in [4.78, 5) is 12.8. The molecule has 0 aliphatic rings. The Bertz CT molecular complexity index is 742. The van der Waals surface area contributed by atoms with Gasteiger partial charge in [-0.1, -0.05) is 25.1 Å². The second-order valence-corrected chi connectivity index (χ2v) is 5.70. The summed E-state index contributed by atoms with van der Waals surface area (Å²) in [5.74, 6) is 1.60. The van der Waals surface area contributed by atoms with Gasteiger partial charge in [0.25, 0.3) is 5.91 Å². The highest BCUT2D eigenvalue weighted by atomic mass is 16.5. The minimum absolute atomic E-state index is 0.104. The molecule has 0 fully saturated rings. The van der Waals surface area contributed by atoms with Gasteiger partial charge in [0.05, 0.1) is 32.9 Å². The number of methoxy groups -OCH3 is 3. The largest absolute Gasteiger partial charge is 0.496 e. The number of hydrogen-bond donors (Lipinski definition) is 1. The fraction of sp³-hybridized carbons (Fsp3) is 0.350. The van der Waals surface area contributed by atoms with Gasteiger partial charge in [-0.15, -0.1) is 0 Å². The molecule has 1 atom stereocenters. The first-order valence-corrected chi connectivity index (χ1v) is 8.22. The van der Waals surface area contributed by atoms with Crippen LogP contribution >= 0.6 is 0 Å². The molecule has 2 rings (SSSR count). The van der Waals surface area contributed by atoms with Gasteiger partial charge >= 0.3 is 0 Å². The zero-order chi connectivity index (χ0) is 18.4. The summed E-state index contributed by atoms with van der Waals surface area (Å²) in [7, 11) is 4.73. The summed E-state index contributed by atoms with van der Waals surface area (Å²) in [6, 6.07) is 11.1. The van der Waals surface area contributed by atoms with Crippen molar-refractivity contribution in [2.45, 2.75) is 26.3 Å². The molecule has 5 nitrogen and oxygen atoms in total. The van der Waals surface area contributed by atoms with Gasteiger partial charge in [0, 0.05) is 0 Å². The van der Waals surface area contributed by atoms with Crippen LogP contribution < -0.4 is 19.5 Å². The first-order valence-electron chi connectivity index (χ1n) is 8.22. The molecule has 0 saturated carbocycles. The maximum Gasteiger partial charge on any atom is 0.255 e. The molecular formula is C20H25NO4. The number of hydrogen-bond acceptors (Lipinski definition) is 4. The number of ether oxygens (including phenoxy) is 3. The van der Waals surface area contributed by atoms with E-state index in [1.807, 2.05) is 32.0 Å². The minimum Gasteiger partial charge on any atom is -0.496 e. The number of carbonyl (C=O) groups is 1. The Morgan fingerprint density at radius 3 is 2.32 bits per heavy atom. The van der Waals surface area contributed by atoms with Crippen LogP contribution in [-0.4, -0.2) is 27.2 Å². The first kappa shape index (κ1) is 18.6. The van der Waals surface area contributed by atoms with E-state index in [4.69, 9.17) is 14.2 Å². The molecular weight excluding hydrogens is 318 g/mol. The van der Waals surface area contributed by atoms with Crippen LogP contribution in [0.25, 0.3) is 0 Å². The molecule has 25 heavy (non-hydrogen) atoms. The maximum atomic E-state index is 12.8. The van der Waals surface area contributed by atoms with Crippen LogP contribution in [0, 0.1) is 6.92 Å². The van der Waals surface area contributed by atoms with Gasteiger partial charge in [0.2, 0.25) is 0 Å². The van der Waals surface area contributed by atoms with Crippen LogP contribution in [0.5, 0.6) is 17.2 Å². The summed E-state index contributed by atoms with van der Waals surface area (Å²) >= 11 is 0. The highest BCUT2D eigenvalue weighted by molar-refractivity contribution is 5.98. The average molecular weight is 343 g/mol. The lowest BCUT2D eigenvalue weighted by Gasteiger charge is -2.20. The molecule has 0 spiro atoms. The van der Waals surface area contributed by atoms with Crippen molar-refractivity contribution in [3.8, 4) is 17.2 Å². The van der Waals surface area contributed by atoms with Crippen molar-refractivity contribution in [1.82, 2.24) is 5.32 Å². The van der Waals surface area contributed by atoms with Crippen LogP contribution in [-0.2, 0) is 0 Å². The van der Waals surface area contributed by atoms with E-state index < -0.39 is 0 Å². The van der Waals surface area contributed by atoms with Gasteiger partial charge in [-0.2, -0.15) is 0 Å². The molecule has 0 saturated heterocycles. The molecule has 0 radical (unpaired) electrons. The van der Waals surface area contributed by atoms with Crippen molar-refractivity contribution in [3.63, 3.8) is 0 Å². The molecule has 1 N–H and O–H groups in total. The zero-order valence-corrected chi connectivity index (χ0v) is 15.4. The Morgan fingerprint density at radius 2 is 1.76 bits per heavy atom. The van der Waals surface area contributed by atoms with Gasteiger partial charge in [-0.25, -0.2) is 0 Å². The van der Waals surface area contributed by atoms with E-state index in [0.717, 1.165) is 23.3 Å². The van der Waals surface area contributed by atoms with Gasteiger partial charge in [0.15, 0.2) is 11.5 Å². The Labute approximate surface area is 148 Å². The molecule has 0 aliphatic carbocycles. The van der Waals surface area contributed by atoms with E-state index in [1.165, 1.54) is 7.11 Å². The second kappa shape index (κ2) is 8.42. The number of aryl methyl sites for hydroxylation is 1. The van der Waals surface area contributed by atoms with E-state index >= 15 is 0 Å². The molecule has 1 unspecified atom stereocenters. The molecule has 0 heterocycles. The Hall–Kier alpha value is -2.69. The third-order valence-corrected chi connectivity index (χ3v) is 4.18. The number of nitrogens with one attached hydrogen (secondary N) is 1. The van der Waals surface area contributed by atoms with Gasteiger partial charge < -0.3 is 19.5 Å². The highest BCUT2D eigenvalue weighted by Gasteiger charge is 2.20. The van der Waals surface area contributed by atoms with E-state index in [2.05, 4.69) is 5.32 Å². The third kappa shape index (κ3) is 4.05. The van der Waals surface area contributed by atoms with Crippen LogP contribution in [0.15, 0.2) is 36.4 Å². The van der Waals surface area contributed by atoms with E-state index in [0.29, 0.717) is 17.1 Å². The number of carbonyl (C=O) groups excluding carboxylic acids is 1. The lowest BCUT2D eigenvalue weighted by atomic mass is 10.0. The summed E-state index contributed by atoms with van der Waals surface area (Å²) < 4.78 is 15.9. The fourth-order valence-electron chi connectivity index (χ4n) is 2.84. The summed E-state index contributed by atoms with van der Waals surface area (Å²) in [6.45, 7) is 4.02.